The SMILES string of the molecule is CCC(C)(C)NC(=O)C(C)NCCCCOC. The van der Waals surface area contributed by atoms with Gasteiger partial charge < -0.3 is 15.4 Å². The molecule has 0 heterocycles. The zero-order valence-corrected chi connectivity index (χ0v) is 11.9. The highest BCUT2D eigenvalue weighted by Gasteiger charge is 2.21. The summed E-state index contributed by atoms with van der Waals surface area (Å²) in [5.74, 6) is 0.0728. The Balaban J connectivity index is 3.75. The van der Waals surface area contributed by atoms with Crippen molar-refractivity contribution in [3.05, 3.63) is 0 Å². The smallest absolute Gasteiger partial charge is 0.237 e. The first-order valence-corrected chi connectivity index (χ1v) is 6.47. The van der Waals surface area contributed by atoms with Crippen molar-refractivity contribution in [1.29, 1.82) is 0 Å². The van der Waals surface area contributed by atoms with Gasteiger partial charge in [-0.1, -0.05) is 6.92 Å². The number of rotatable bonds is 9. The molecular weight excluding hydrogens is 216 g/mol. The molecule has 0 aromatic carbocycles. The Bertz CT molecular complexity index is 217. The molecule has 0 saturated carbocycles. The molecule has 0 radical (unpaired) electrons. The Hall–Kier alpha value is -0.610. The first-order valence-electron chi connectivity index (χ1n) is 6.47. The van der Waals surface area contributed by atoms with Crippen molar-refractivity contribution < 1.29 is 9.53 Å². The maximum Gasteiger partial charge on any atom is 0.237 e. The third-order valence-electron chi connectivity index (χ3n) is 2.96. The summed E-state index contributed by atoms with van der Waals surface area (Å²) < 4.78 is 4.97. The van der Waals surface area contributed by atoms with Crippen LogP contribution in [0.5, 0.6) is 0 Å². The largest absolute Gasteiger partial charge is 0.385 e. The molecule has 0 aliphatic rings. The minimum Gasteiger partial charge on any atom is -0.385 e. The number of nitrogens with one attached hydrogen (secondary N) is 2. The van der Waals surface area contributed by atoms with Gasteiger partial charge in [-0.25, -0.2) is 0 Å². The minimum absolute atomic E-state index is 0.0728. The van der Waals surface area contributed by atoms with Crippen LogP contribution in [0.1, 0.15) is 47.0 Å². The van der Waals surface area contributed by atoms with Crippen LogP contribution < -0.4 is 10.6 Å². The van der Waals surface area contributed by atoms with Crippen LogP contribution in [-0.4, -0.2) is 37.7 Å². The van der Waals surface area contributed by atoms with Gasteiger partial charge in [0.25, 0.3) is 0 Å². The second kappa shape index (κ2) is 8.48. The van der Waals surface area contributed by atoms with E-state index in [0.717, 1.165) is 32.4 Å². The molecule has 2 N–H and O–H groups in total. The van der Waals surface area contributed by atoms with E-state index in [-0.39, 0.29) is 17.5 Å². The quantitative estimate of drug-likeness (QED) is 0.607. The zero-order chi connectivity index (χ0) is 13.3. The molecule has 0 saturated heterocycles. The molecule has 1 atom stereocenters. The molecule has 0 aliphatic heterocycles. The summed E-state index contributed by atoms with van der Waals surface area (Å²) in [5.41, 5.74) is -0.122. The van der Waals surface area contributed by atoms with Crippen LogP contribution in [0.15, 0.2) is 0 Å². The van der Waals surface area contributed by atoms with E-state index in [0.29, 0.717) is 0 Å². The van der Waals surface area contributed by atoms with Gasteiger partial charge >= 0.3 is 0 Å². The van der Waals surface area contributed by atoms with Crippen LogP contribution in [0.2, 0.25) is 0 Å². The van der Waals surface area contributed by atoms with Crippen molar-refractivity contribution in [1.82, 2.24) is 10.6 Å². The number of hydrogen-bond acceptors (Lipinski definition) is 3. The van der Waals surface area contributed by atoms with E-state index in [1.165, 1.54) is 0 Å². The van der Waals surface area contributed by atoms with Crippen molar-refractivity contribution in [2.24, 2.45) is 0 Å². The van der Waals surface area contributed by atoms with Crippen LogP contribution in [0.25, 0.3) is 0 Å². The Kier molecular flexibility index (Phi) is 8.17. The van der Waals surface area contributed by atoms with Crippen LogP contribution in [-0.2, 0) is 9.53 Å². The van der Waals surface area contributed by atoms with Crippen molar-refractivity contribution in [2.45, 2.75) is 58.5 Å². The Labute approximate surface area is 105 Å². The summed E-state index contributed by atoms with van der Waals surface area (Å²) >= 11 is 0. The zero-order valence-electron chi connectivity index (χ0n) is 11.9. The maximum absolute atomic E-state index is 11.8. The second-order valence-electron chi connectivity index (χ2n) is 5.10. The molecule has 0 spiro atoms. The molecule has 0 aromatic heterocycles. The second-order valence-corrected chi connectivity index (χ2v) is 5.10. The fourth-order valence-electron chi connectivity index (χ4n) is 1.31. The Morgan fingerprint density at radius 1 is 1.35 bits per heavy atom. The van der Waals surface area contributed by atoms with Crippen molar-refractivity contribution >= 4 is 5.91 Å². The molecule has 0 aliphatic carbocycles. The summed E-state index contributed by atoms with van der Waals surface area (Å²) in [4.78, 5) is 11.8. The standard InChI is InChI=1S/C13H28N2O2/c1-6-13(3,4)15-12(16)11(2)14-9-7-8-10-17-5/h11,14H,6-10H2,1-5H3,(H,15,16). The van der Waals surface area contributed by atoms with Gasteiger partial charge in [-0.2, -0.15) is 0 Å². The highest BCUT2D eigenvalue weighted by molar-refractivity contribution is 5.81. The minimum atomic E-state index is -0.136. The van der Waals surface area contributed by atoms with E-state index in [1.807, 2.05) is 20.8 Å². The van der Waals surface area contributed by atoms with E-state index in [1.54, 1.807) is 7.11 Å². The molecule has 1 unspecified atom stereocenters. The van der Waals surface area contributed by atoms with Crippen molar-refractivity contribution in [3.63, 3.8) is 0 Å². The molecule has 102 valence electrons. The van der Waals surface area contributed by atoms with Gasteiger partial charge in [0.05, 0.1) is 6.04 Å². The molecular formula is C13H28N2O2. The Morgan fingerprint density at radius 3 is 2.53 bits per heavy atom. The fourth-order valence-corrected chi connectivity index (χ4v) is 1.31. The first-order chi connectivity index (χ1) is 7.93. The van der Waals surface area contributed by atoms with Gasteiger partial charge in [-0.3, -0.25) is 4.79 Å². The van der Waals surface area contributed by atoms with Crippen molar-refractivity contribution in [2.75, 3.05) is 20.3 Å². The lowest BCUT2D eigenvalue weighted by Crippen LogP contribution is -2.50. The van der Waals surface area contributed by atoms with Crippen LogP contribution >= 0.6 is 0 Å². The summed E-state index contributed by atoms with van der Waals surface area (Å²) in [7, 11) is 1.70. The molecule has 4 nitrogen and oxygen atoms in total. The predicted octanol–water partition coefficient (Wildman–Crippen LogP) is 1.70. The van der Waals surface area contributed by atoms with Crippen molar-refractivity contribution in [3.8, 4) is 0 Å². The Morgan fingerprint density at radius 2 is 2.00 bits per heavy atom. The lowest BCUT2D eigenvalue weighted by Gasteiger charge is -2.26. The number of ether oxygens (including phenoxy) is 1. The van der Waals surface area contributed by atoms with Gasteiger partial charge in [-0.05, 0) is 46.6 Å². The average Bonchev–Trinajstić information content (AvgIpc) is 2.28. The summed E-state index contributed by atoms with van der Waals surface area (Å²) in [6.07, 6.45) is 2.99. The maximum atomic E-state index is 11.8. The first kappa shape index (κ1) is 16.4. The van der Waals surface area contributed by atoms with E-state index in [4.69, 9.17) is 4.74 Å². The van der Waals surface area contributed by atoms with Crippen LogP contribution in [0, 0.1) is 0 Å². The molecule has 0 fully saturated rings. The predicted molar refractivity (Wildman–Crippen MR) is 71.1 cm³/mol. The molecule has 4 heteroatoms. The number of hydrogen-bond donors (Lipinski definition) is 2. The fraction of sp³-hybridized carbons (Fsp3) is 0.923. The lowest BCUT2D eigenvalue weighted by molar-refractivity contribution is -0.124. The van der Waals surface area contributed by atoms with Gasteiger partial charge in [-0.15, -0.1) is 0 Å². The molecule has 0 bridgehead atoms. The molecule has 0 rings (SSSR count). The van der Waals surface area contributed by atoms with Crippen LogP contribution in [0.3, 0.4) is 0 Å². The number of amides is 1. The summed E-state index contributed by atoms with van der Waals surface area (Å²) in [5, 5.41) is 6.25. The van der Waals surface area contributed by atoms with Gasteiger partial charge in [0, 0.05) is 19.3 Å². The average molecular weight is 244 g/mol. The number of carbonyl (C=O) groups is 1. The molecule has 1 amide bonds. The molecule has 17 heavy (non-hydrogen) atoms. The third kappa shape index (κ3) is 8.16. The third-order valence-corrected chi connectivity index (χ3v) is 2.96. The van der Waals surface area contributed by atoms with Gasteiger partial charge in [0.2, 0.25) is 5.91 Å². The number of unbranched alkanes of at least 4 members (excludes halogenated alkanes) is 1. The number of methoxy groups -OCH3 is 1. The van der Waals surface area contributed by atoms with E-state index in [9.17, 15) is 4.79 Å². The highest BCUT2D eigenvalue weighted by Crippen LogP contribution is 2.06. The summed E-state index contributed by atoms with van der Waals surface area (Å²) in [6.45, 7) is 9.68. The van der Waals surface area contributed by atoms with Gasteiger partial charge in [0.15, 0.2) is 0 Å². The molecule has 0 aromatic rings. The lowest BCUT2D eigenvalue weighted by atomic mass is 10.0. The van der Waals surface area contributed by atoms with Gasteiger partial charge in [0.1, 0.15) is 0 Å². The normalized spacial score (nSPS) is 13.5. The topological polar surface area (TPSA) is 50.4 Å². The number of carbonyl (C=O) groups excluding carboxylic acids is 1. The van der Waals surface area contributed by atoms with E-state index < -0.39 is 0 Å². The van der Waals surface area contributed by atoms with E-state index >= 15 is 0 Å². The summed E-state index contributed by atoms with van der Waals surface area (Å²) in [6, 6.07) is -0.136. The van der Waals surface area contributed by atoms with E-state index in [2.05, 4.69) is 17.6 Å². The highest BCUT2D eigenvalue weighted by atomic mass is 16.5. The monoisotopic (exact) mass is 244 g/mol. The van der Waals surface area contributed by atoms with Crippen LogP contribution in [0.4, 0.5) is 0 Å².